The Hall–Kier alpha value is -3.06. The maximum absolute atomic E-state index is 12.2. The van der Waals surface area contributed by atoms with Gasteiger partial charge in [0.2, 0.25) is 0 Å². The molecule has 0 saturated heterocycles. The highest BCUT2D eigenvalue weighted by atomic mass is 16.5. The van der Waals surface area contributed by atoms with Crippen molar-refractivity contribution in [3.8, 4) is 11.5 Å². The first-order valence-electron chi connectivity index (χ1n) is 8.59. The molecule has 0 unspecified atom stereocenters. The number of benzene rings is 2. The number of carbonyl (C=O) groups is 2. The SMILES string of the molecule is CNC(=O)c1cc(C(=O)O)cc2c1O[C@@H](C)[C@@H]2c1cccc(OCCO)c1. The van der Waals surface area contributed by atoms with Gasteiger partial charge in [-0.15, -0.1) is 0 Å². The zero-order chi connectivity index (χ0) is 19.6. The molecule has 0 spiro atoms. The Balaban J connectivity index is 2.10. The van der Waals surface area contributed by atoms with Gasteiger partial charge < -0.3 is 25.0 Å². The molecular formula is C20H21NO6. The van der Waals surface area contributed by atoms with Gasteiger partial charge in [-0.3, -0.25) is 4.79 Å². The van der Waals surface area contributed by atoms with Crippen molar-refractivity contribution in [1.29, 1.82) is 0 Å². The third kappa shape index (κ3) is 3.59. The van der Waals surface area contributed by atoms with Crippen molar-refractivity contribution in [3.05, 3.63) is 58.7 Å². The van der Waals surface area contributed by atoms with E-state index in [0.29, 0.717) is 17.1 Å². The lowest BCUT2D eigenvalue weighted by Crippen LogP contribution is -2.19. The lowest BCUT2D eigenvalue weighted by molar-refractivity contribution is 0.0696. The first-order valence-corrected chi connectivity index (χ1v) is 8.59. The van der Waals surface area contributed by atoms with E-state index in [2.05, 4.69) is 5.32 Å². The fourth-order valence-corrected chi connectivity index (χ4v) is 3.36. The fourth-order valence-electron chi connectivity index (χ4n) is 3.36. The molecule has 0 bridgehead atoms. The molecule has 142 valence electrons. The predicted octanol–water partition coefficient (Wildman–Crippen LogP) is 2.03. The van der Waals surface area contributed by atoms with Gasteiger partial charge in [-0.05, 0) is 36.8 Å². The second-order valence-electron chi connectivity index (χ2n) is 6.27. The highest BCUT2D eigenvalue weighted by Crippen LogP contribution is 2.45. The molecule has 7 heteroatoms. The van der Waals surface area contributed by atoms with Crippen LogP contribution in [0.1, 0.15) is 44.7 Å². The molecule has 0 aliphatic carbocycles. The number of aliphatic hydroxyl groups excluding tert-OH is 1. The number of hydrogen-bond acceptors (Lipinski definition) is 5. The highest BCUT2D eigenvalue weighted by molar-refractivity contribution is 6.00. The van der Waals surface area contributed by atoms with Crippen LogP contribution in [0.5, 0.6) is 11.5 Å². The molecule has 27 heavy (non-hydrogen) atoms. The van der Waals surface area contributed by atoms with Crippen LogP contribution in [0.4, 0.5) is 0 Å². The summed E-state index contributed by atoms with van der Waals surface area (Å²) >= 11 is 0. The first kappa shape index (κ1) is 18.7. The number of nitrogens with one attached hydrogen (secondary N) is 1. The highest BCUT2D eigenvalue weighted by Gasteiger charge is 2.36. The van der Waals surface area contributed by atoms with Crippen LogP contribution in [0.2, 0.25) is 0 Å². The van der Waals surface area contributed by atoms with Gasteiger partial charge in [0.1, 0.15) is 24.2 Å². The summed E-state index contributed by atoms with van der Waals surface area (Å²) in [6, 6.07) is 10.2. The largest absolute Gasteiger partial charge is 0.491 e. The Bertz CT molecular complexity index is 879. The summed E-state index contributed by atoms with van der Waals surface area (Å²) < 4.78 is 11.4. The number of carboxylic acid groups (broad SMARTS) is 1. The van der Waals surface area contributed by atoms with Gasteiger partial charge in [-0.2, -0.15) is 0 Å². The van der Waals surface area contributed by atoms with Gasteiger partial charge in [0.05, 0.1) is 17.7 Å². The quantitative estimate of drug-likeness (QED) is 0.718. The van der Waals surface area contributed by atoms with Crippen LogP contribution in [0, 0.1) is 0 Å². The summed E-state index contributed by atoms with van der Waals surface area (Å²) in [6.45, 7) is 1.97. The molecule has 0 saturated carbocycles. The van der Waals surface area contributed by atoms with E-state index in [1.54, 1.807) is 12.1 Å². The van der Waals surface area contributed by atoms with Gasteiger partial charge >= 0.3 is 5.97 Å². The van der Waals surface area contributed by atoms with Crippen molar-refractivity contribution in [1.82, 2.24) is 5.32 Å². The third-order valence-corrected chi connectivity index (χ3v) is 4.52. The van der Waals surface area contributed by atoms with Gasteiger partial charge in [-0.1, -0.05) is 12.1 Å². The minimum Gasteiger partial charge on any atom is -0.491 e. The number of aromatic carboxylic acids is 1. The maximum atomic E-state index is 12.2. The molecule has 1 amide bonds. The van der Waals surface area contributed by atoms with E-state index in [-0.39, 0.29) is 36.4 Å². The van der Waals surface area contributed by atoms with E-state index in [1.165, 1.54) is 13.1 Å². The van der Waals surface area contributed by atoms with E-state index < -0.39 is 11.9 Å². The van der Waals surface area contributed by atoms with Crippen LogP contribution >= 0.6 is 0 Å². The van der Waals surface area contributed by atoms with Crippen molar-refractivity contribution in [3.63, 3.8) is 0 Å². The maximum Gasteiger partial charge on any atom is 0.335 e. The number of hydrogen-bond donors (Lipinski definition) is 3. The van der Waals surface area contributed by atoms with Crippen LogP contribution in [0.25, 0.3) is 0 Å². The van der Waals surface area contributed by atoms with Gasteiger partial charge in [-0.25, -0.2) is 4.79 Å². The first-order chi connectivity index (χ1) is 13.0. The average Bonchev–Trinajstić information content (AvgIpc) is 3.00. The lowest BCUT2D eigenvalue weighted by Gasteiger charge is -2.16. The van der Waals surface area contributed by atoms with E-state index >= 15 is 0 Å². The molecule has 2 aromatic rings. The summed E-state index contributed by atoms with van der Waals surface area (Å²) in [5.41, 5.74) is 1.76. The fraction of sp³-hybridized carbons (Fsp3) is 0.300. The number of carboxylic acids is 1. The summed E-state index contributed by atoms with van der Waals surface area (Å²) in [5.74, 6) is -0.759. The second-order valence-corrected chi connectivity index (χ2v) is 6.27. The standard InChI is InChI=1S/C20H21NO6/c1-11-17(12-4-3-5-14(8-12)26-7-6-22)15-9-13(20(24)25)10-16(18(15)27-11)19(23)21-2/h3-5,8-11,17,22H,6-7H2,1-2H3,(H,21,23)(H,24,25)/t11-,17+/m0/s1. The van der Waals surface area contributed by atoms with Gasteiger partial charge in [0.25, 0.3) is 5.91 Å². The van der Waals surface area contributed by atoms with Gasteiger partial charge in [0, 0.05) is 18.5 Å². The lowest BCUT2D eigenvalue weighted by atomic mass is 9.87. The van der Waals surface area contributed by atoms with E-state index in [0.717, 1.165) is 5.56 Å². The number of carbonyl (C=O) groups excluding carboxylic acids is 1. The topological polar surface area (TPSA) is 105 Å². The second kappa shape index (κ2) is 7.67. The summed E-state index contributed by atoms with van der Waals surface area (Å²) in [7, 11) is 1.49. The van der Waals surface area contributed by atoms with Crippen LogP contribution in [-0.4, -0.2) is 48.5 Å². The van der Waals surface area contributed by atoms with Crippen LogP contribution in [0.15, 0.2) is 36.4 Å². The number of fused-ring (bicyclic) bond motifs is 1. The molecule has 0 fully saturated rings. The zero-order valence-electron chi connectivity index (χ0n) is 15.1. The Morgan fingerprint density at radius 1 is 1.26 bits per heavy atom. The molecule has 2 aromatic carbocycles. The Morgan fingerprint density at radius 3 is 2.70 bits per heavy atom. The molecule has 1 aliphatic rings. The number of rotatable bonds is 6. The van der Waals surface area contributed by atoms with Crippen molar-refractivity contribution < 1.29 is 29.3 Å². The summed E-state index contributed by atoms with van der Waals surface area (Å²) in [6.07, 6.45) is -0.291. The Labute approximate surface area is 156 Å². The number of ether oxygens (including phenoxy) is 2. The number of aliphatic hydroxyl groups is 1. The molecule has 3 rings (SSSR count). The minimum atomic E-state index is -1.11. The molecule has 0 aromatic heterocycles. The van der Waals surface area contributed by atoms with E-state index in [1.807, 2.05) is 25.1 Å². The smallest absolute Gasteiger partial charge is 0.335 e. The summed E-state index contributed by atoms with van der Waals surface area (Å²) in [4.78, 5) is 23.8. The van der Waals surface area contributed by atoms with Crippen molar-refractivity contribution in [2.45, 2.75) is 18.9 Å². The van der Waals surface area contributed by atoms with Crippen molar-refractivity contribution >= 4 is 11.9 Å². The minimum absolute atomic E-state index is 0.0303. The predicted molar refractivity (Wildman–Crippen MR) is 97.7 cm³/mol. The molecule has 0 radical (unpaired) electrons. The molecule has 1 aliphatic heterocycles. The van der Waals surface area contributed by atoms with Crippen molar-refractivity contribution in [2.75, 3.05) is 20.3 Å². The molecule has 3 N–H and O–H groups in total. The van der Waals surface area contributed by atoms with Crippen LogP contribution in [0.3, 0.4) is 0 Å². The van der Waals surface area contributed by atoms with E-state index in [9.17, 15) is 14.7 Å². The molecule has 1 heterocycles. The van der Waals surface area contributed by atoms with E-state index in [4.69, 9.17) is 14.6 Å². The number of amides is 1. The average molecular weight is 371 g/mol. The summed E-state index contributed by atoms with van der Waals surface area (Å²) in [5, 5.41) is 20.9. The zero-order valence-corrected chi connectivity index (χ0v) is 15.1. The molecule has 2 atom stereocenters. The third-order valence-electron chi connectivity index (χ3n) is 4.52. The molecule has 7 nitrogen and oxygen atoms in total. The van der Waals surface area contributed by atoms with Crippen LogP contribution in [-0.2, 0) is 0 Å². The van der Waals surface area contributed by atoms with Crippen molar-refractivity contribution in [2.24, 2.45) is 0 Å². The Morgan fingerprint density at radius 2 is 2.04 bits per heavy atom. The normalized spacial score (nSPS) is 17.7. The van der Waals surface area contributed by atoms with Crippen LogP contribution < -0.4 is 14.8 Å². The van der Waals surface area contributed by atoms with Gasteiger partial charge in [0.15, 0.2) is 0 Å². The molecular weight excluding hydrogens is 350 g/mol. The monoisotopic (exact) mass is 371 g/mol. The Kier molecular flexibility index (Phi) is 5.32.